The van der Waals surface area contributed by atoms with Crippen molar-refractivity contribution in [1.82, 2.24) is 10.2 Å². The van der Waals surface area contributed by atoms with Crippen molar-refractivity contribution >= 4 is 21.6 Å². The van der Waals surface area contributed by atoms with E-state index in [0.29, 0.717) is 16.7 Å². The van der Waals surface area contributed by atoms with Gasteiger partial charge < -0.3 is 10.4 Å². The summed E-state index contributed by atoms with van der Waals surface area (Å²) in [6.07, 6.45) is 1.01. The van der Waals surface area contributed by atoms with Crippen molar-refractivity contribution in [3.63, 3.8) is 0 Å². The zero-order valence-electron chi connectivity index (χ0n) is 7.04. The zero-order chi connectivity index (χ0) is 9.84. The van der Waals surface area contributed by atoms with Crippen LogP contribution in [0.2, 0.25) is 0 Å². The molecule has 3 N–H and O–H groups in total. The third kappa shape index (κ3) is 2.82. The van der Waals surface area contributed by atoms with Crippen molar-refractivity contribution in [2.45, 2.75) is 13.0 Å². The van der Waals surface area contributed by atoms with Crippen LogP contribution in [0, 0.1) is 0 Å². The van der Waals surface area contributed by atoms with Gasteiger partial charge in [-0.25, -0.2) is 5.10 Å². The van der Waals surface area contributed by atoms with E-state index < -0.39 is 6.10 Å². The van der Waals surface area contributed by atoms with Crippen LogP contribution in [-0.2, 0) is 0 Å². The molecule has 1 aromatic rings. The highest BCUT2D eigenvalue weighted by atomic mass is 79.9. The third-order valence-corrected chi connectivity index (χ3v) is 2.17. The maximum absolute atomic E-state index is 11.0. The fourth-order valence-electron chi connectivity index (χ4n) is 0.764. The first-order chi connectivity index (χ1) is 6.11. The van der Waals surface area contributed by atoms with Gasteiger partial charge in [0.15, 0.2) is 0 Å². The Labute approximate surface area is 83.3 Å². The molecule has 0 saturated carbocycles. The van der Waals surface area contributed by atoms with Gasteiger partial charge >= 0.3 is 0 Å². The molecule has 1 unspecified atom stereocenters. The van der Waals surface area contributed by atoms with Gasteiger partial charge in [0.25, 0.3) is 5.56 Å². The predicted molar refractivity (Wildman–Crippen MR) is 52.7 cm³/mol. The van der Waals surface area contributed by atoms with Crippen LogP contribution in [0.5, 0.6) is 0 Å². The lowest BCUT2D eigenvalue weighted by Crippen LogP contribution is -2.18. The largest absolute Gasteiger partial charge is 0.392 e. The molecular weight excluding hydrogens is 238 g/mol. The molecular formula is C7H10BrN3O2. The summed E-state index contributed by atoms with van der Waals surface area (Å²) in [6, 6.07) is 0. The molecule has 0 aliphatic heterocycles. The van der Waals surface area contributed by atoms with Crippen molar-refractivity contribution < 1.29 is 5.11 Å². The van der Waals surface area contributed by atoms with Crippen LogP contribution in [0.25, 0.3) is 0 Å². The normalized spacial score (nSPS) is 12.5. The smallest absolute Gasteiger partial charge is 0.280 e. The van der Waals surface area contributed by atoms with Gasteiger partial charge in [-0.3, -0.25) is 4.79 Å². The maximum Gasteiger partial charge on any atom is 0.280 e. The van der Waals surface area contributed by atoms with Gasteiger partial charge in [-0.05, 0) is 22.9 Å². The molecule has 1 rings (SSSR count). The average Bonchev–Trinajstić information content (AvgIpc) is 2.07. The topological polar surface area (TPSA) is 78.0 Å². The second kappa shape index (κ2) is 4.38. The minimum absolute atomic E-state index is 0.296. The Hall–Kier alpha value is -0.880. The van der Waals surface area contributed by atoms with Crippen molar-refractivity contribution in [3.05, 3.63) is 21.0 Å². The highest BCUT2D eigenvalue weighted by molar-refractivity contribution is 9.10. The number of hydrogen-bond acceptors (Lipinski definition) is 4. The first-order valence-corrected chi connectivity index (χ1v) is 4.55. The second-order valence-corrected chi connectivity index (χ2v) is 3.45. The van der Waals surface area contributed by atoms with Crippen LogP contribution in [0.15, 0.2) is 15.5 Å². The Balaban J connectivity index is 2.77. The molecule has 1 aromatic heterocycles. The summed E-state index contributed by atoms with van der Waals surface area (Å²) in [5, 5.41) is 17.7. The highest BCUT2D eigenvalue weighted by Gasteiger charge is 2.04. The molecule has 0 amide bonds. The summed E-state index contributed by atoms with van der Waals surface area (Å²) >= 11 is 3.10. The third-order valence-electron chi connectivity index (χ3n) is 1.38. The van der Waals surface area contributed by atoms with E-state index in [1.807, 2.05) is 0 Å². The number of aromatic amines is 1. The Morgan fingerprint density at radius 1 is 1.85 bits per heavy atom. The summed E-state index contributed by atoms with van der Waals surface area (Å²) in [7, 11) is 0. The van der Waals surface area contributed by atoms with E-state index in [4.69, 9.17) is 5.11 Å². The van der Waals surface area contributed by atoms with Gasteiger partial charge in [0, 0.05) is 6.54 Å². The van der Waals surface area contributed by atoms with Gasteiger partial charge in [0.1, 0.15) is 4.47 Å². The minimum Gasteiger partial charge on any atom is -0.392 e. The number of halogens is 1. The second-order valence-electron chi connectivity index (χ2n) is 2.66. The SMILES string of the molecule is CC(O)CNc1cn[nH]c(=O)c1Br. The van der Waals surface area contributed by atoms with Crippen molar-refractivity contribution in [1.29, 1.82) is 0 Å². The predicted octanol–water partition coefficient (Wildman–Crippen LogP) is 0.325. The number of aromatic nitrogens is 2. The number of H-pyrrole nitrogens is 1. The first-order valence-electron chi connectivity index (χ1n) is 3.76. The number of rotatable bonds is 3. The number of nitrogens with one attached hydrogen (secondary N) is 2. The lowest BCUT2D eigenvalue weighted by molar-refractivity contribution is 0.208. The number of hydrogen-bond donors (Lipinski definition) is 3. The summed E-state index contributed by atoms with van der Waals surface area (Å²) in [5.41, 5.74) is 0.278. The monoisotopic (exact) mass is 247 g/mol. The summed E-state index contributed by atoms with van der Waals surface area (Å²) < 4.78 is 0.392. The lowest BCUT2D eigenvalue weighted by Gasteiger charge is -2.08. The molecule has 0 aliphatic carbocycles. The van der Waals surface area contributed by atoms with Crippen LogP contribution in [0.4, 0.5) is 5.69 Å². The molecule has 6 heteroatoms. The average molecular weight is 248 g/mol. The Morgan fingerprint density at radius 2 is 2.54 bits per heavy atom. The molecule has 1 heterocycles. The number of anilines is 1. The van der Waals surface area contributed by atoms with E-state index in [1.54, 1.807) is 6.92 Å². The molecule has 0 saturated heterocycles. The molecule has 0 radical (unpaired) electrons. The minimum atomic E-state index is -0.466. The van der Waals surface area contributed by atoms with Crippen LogP contribution < -0.4 is 10.9 Å². The van der Waals surface area contributed by atoms with Gasteiger partial charge in [0.05, 0.1) is 18.0 Å². The quantitative estimate of drug-likeness (QED) is 0.720. The molecule has 0 spiro atoms. The highest BCUT2D eigenvalue weighted by Crippen LogP contribution is 2.14. The standard InChI is InChI=1S/C7H10BrN3O2/c1-4(12)2-9-5-3-10-11-7(13)6(5)8/h3-4,12H,2H2,1H3,(H2,9,11,13). The van der Waals surface area contributed by atoms with E-state index in [1.165, 1.54) is 6.20 Å². The molecule has 0 fully saturated rings. The Morgan fingerprint density at radius 3 is 3.15 bits per heavy atom. The lowest BCUT2D eigenvalue weighted by atomic mass is 10.4. The van der Waals surface area contributed by atoms with E-state index in [9.17, 15) is 4.79 Å². The van der Waals surface area contributed by atoms with Gasteiger partial charge in [-0.1, -0.05) is 0 Å². The molecule has 72 valence electrons. The van der Waals surface area contributed by atoms with Crippen LogP contribution in [-0.4, -0.2) is 28.0 Å². The molecule has 1 atom stereocenters. The van der Waals surface area contributed by atoms with Gasteiger partial charge in [-0.2, -0.15) is 5.10 Å². The Kier molecular flexibility index (Phi) is 3.44. The fourth-order valence-corrected chi connectivity index (χ4v) is 1.10. The molecule has 0 bridgehead atoms. The van der Waals surface area contributed by atoms with Crippen molar-refractivity contribution in [2.75, 3.05) is 11.9 Å². The number of aliphatic hydroxyl groups excluding tert-OH is 1. The van der Waals surface area contributed by atoms with Crippen LogP contribution in [0.1, 0.15) is 6.92 Å². The summed E-state index contributed by atoms with van der Waals surface area (Å²) in [5.74, 6) is 0. The summed E-state index contributed by atoms with van der Waals surface area (Å²) in [4.78, 5) is 11.0. The van der Waals surface area contributed by atoms with Crippen molar-refractivity contribution in [2.24, 2.45) is 0 Å². The maximum atomic E-state index is 11.0. The van der Waals surface area contributed by atoms with Crippen molar-refractivity contribution in [3.8, 4) is 0 Å². The number of aliphatic hydroxyl groups is 1. The van der Waals surface area contributed by atoms with Crippen LogP contribution in [0.3, 0.4) is 0 Å². The fraction of sp³-hybridized carbons (Fsp3) is 0.429. The van der Waals surface area contributed by atoms with E-state index >= 15 is 0 Å². The summed E-state index contributed by atoms with van der Waals surface area (Å²) in [6.45, 7) is 2.03. The van der Waals surface area contributed by atoms with Gasteiger partial charge in [0.2, 0.25) is 0 Å². The molecule has 0 aromatic carbocycles. The Bertz CT molecular complexity index is 337. The zero-order valence-corrected chi connectivity index (χ0v) is 8.63. The van der Waals surface area contributed by atoms with E-state index in [-0.39, 0.29) is 5.56 Å². The number of nitrogens with zero attached hydrogens (tertiary/aromatic N) is 1. The molecule has 13 heavy (non-hydrogen) atoms. The van der Waals surface area contributed by atoms with Gasteiger partial charge in [-0.15, -0.1) is 0 Å². The van der Waals surface area contributed by atoms with E-state index in [2.05, 4.69) is 31.4 Å². The molecule has 5 nitrogen and oxygen atoms in total. The molecule has 0 aliphatic rings. The van der Waals surface area contributed by atoms with E-state index in [0.717, 1.165) is 0 Å². The van der Waals surface area contributed by atoms with Crippen LogP contribution >= 0.6 is 15.9 Å². The first kappa shape index (κ1) is 10.2.